The molecule has 2 N–H and O–H groups in total. The van der Waals surface area contributed by atoms with Crippen molar-refractivity contribution in [1.82, 2.24) is 10.6 Å². The molecule has 0 spiro atoms. The zero-order chi connectivity index (χ0) is 23.8. The molecule has 178 valence electrons. The predicted molar refractivity (Wildman–Crippen MR) is 127 cm³/mol. The Hall–Kier alpha value is -2.94. The maximum atomic E-state index is 12.7. The number of carbonyl (C=O) groups excluding carboxylic acids is 2. The van der Waals surface area contributed by atoms with Crippen LogP contribution in [0.4, 0.5) is 5.69 Å². The van der Waals surface area contributed by atoms with Crippen LogP contribution in [0.5, 0.6) is 0 Å². The van der Waals surface area contributed by atoms with Crippen molar-refractivity contribution in [1.29, 1.82) is 0 Å². The first kappa shape index (κ1) is 24.7. The van der Waals surface area contributed by atoms with Gasteiger partial charge in [-0.1, -0.05) is 18.2 Å². The van der Waals surface area contributed by atoms with E-state index in [1.54, 1.807) is 24.3 Å². The third-order valence-corrected chi connectivity index (χ3v) is 5.32. The SMILES string of the molecule is CN(C)c1ccc(C(=O)NC[C@H]2OCCOC(C)(C)O[C@H]2CNC(=O)c2ccccc2)cc1. The number of hydrogen-bond donors (Lipinski definition) is 2. The van der Waals surface area contributed by atoms with Gasteiger partial charge in [-0.15, -0.1) is 0 Å². The topological polar surface area (TPSA) is 89.1 Å². The van der Waals surface area contributed by atoms with E-state index in [0.717, 1.165) is 5.69 Å². The van der Waals surface area contributed by atoms with Gasteiger partial charge in [0.25, 0.3) is 11.8 Å². The summed E-state index contributed by atoms with van der Waals surface area (Å²) in [6, 6.07) is 16.3. The molecule has 2 amide bonds. The van der Waals surface area contributed by atoms with Gasteiger partial charge in [0.05, 0.1) is 13.2 Å². The maximum absolute atomic E-state index is 12.7. The van der Waals surface area contributed by atoms with Crippen molar-refractivity contribution in [3.05, 3.63) is 65.7 Å². The van der Waals surface area contributed by atoms with Gasteiger partial charge in [-0.3, -0.25) is 9.59 Å². The fourth-order valence-corrected chi connectivity index (χ4v) is 3.52. The number of hydrogen-bond acceptors (Lipinski definition) is 6. The quantitative estimate of drug-likeness (QED) is 0.667. The second-order valence-corrected chi connectivity index (χ2v) is 8.54. The van der Waals surface area contributed by atoms with Crippen molar-refractivity contribution in [3.8, 4) is 0 Å². The van der Waals surface area contributed by atoms with Gasteiger partial charge in [0.1, 0.15) is 12.2 Å². The number of benzene rings is 2. The molecule has 1 heterocycles. The van der Waals surface area contributed by atoms with Crippen molar-refractivity contribution < 1.29 is 23.8 Å². The minimum atomic E-state index is -0.851. The zero-order valence-electron chi connectivity index (χ0n) is 19.7. The Morgan fingerprint density at radius 2 is 1.45 bits per heavy atom. The third-order valence-electron chi connectivity index (χ3n) is 5.32. The molecule has 1 aliphatic rings. The Balaban J connectivity index is 1.65. The summed E-state index contributed by atoms with van der Waals surface area (Å²) in [4.78, 5) is 27.2. The molecule has 0 aliphatic carbocycles. The molecule has 2 aromatic rings. The summed E-state index contributed by atoms with van der Waals surface area (Å²) in [6.45, 7) is 4.81. The molecule has 0 unspecified atom stereocenters. The second-order valence-electron chi connectivity index (χ2n) is 8.54. The van der Waals surface area contributed by atoms with Crippen LogP contribution in [-0.2, 0) is 14.2 Å². The lowest BCUT2D eigenvalue weighted by Gasteiger charge is -2.37. The average Bonchev–Trinajstić information content (AvgIpc) is 2.80. The number of nitrogens with one attached hydrogen (secondary N) is 2. The van der Waals surface area contributed by atoms with Crippen LogP contribution in [-0.4, -0.2) is 70.2 Å². The van der Waals surface area contributed by atoms with E-state index in [0.29, 0.717) is 24.3 Å². The first-order valence-electron chi connectivity index (χ1n) is 11.1. The van der Waals surface area contributed by atoms with Crippen LogP contribution in [0.15, 0.2) is 54.6 Å². The van der Waals surface area contributed by atoms with Crippen molar-refractivity contribution in [2.75, 3.05) is 45.3 Å². The number of carbonyl (C=O) groups is 2. The normalized spacial score (nSPS) is 20.2. The molecular weight excluding hydrogens is 422 g/mol. The molecule has 33 heavy (non-hydrogen) atoms. The fraction of sp³-hybridized carbons (Fsp3) is 0.440. The summed E-state index contributed by atoms with van der Waals surface area (Å²) in [5.41, 5.74) is 2.13. The van der Waals surface area contributed by atoms with Crippen LogP contribution in [0.3, 0.4) is 0 Å². The molecule has 1 aliphatic heterocycles. The van der Waals surface area contributed by atoms with E-state index in [9.17, 15) is 9.59 Å². The summed E-state index contributed by atoms with van der Waals surface area (Å²) < 4.78 is 17.8. The molecule has 1 fully saturated rings. The van der Waals surface area contributed by atoms with E-state index >= 15 is 0 Å². The lowest BCUT2D eigenvalue weighted by Crippen LogP contribution is -2.52. The molecule has 1 saturated heterocycles. The van der Waals surface area contributed by atoms with Crippen molar-refractivity contribution in [2.45, 2.75) is 31.8 Å². The fourth-order valence-electron chi connectivity index (χ4n) is 3.52. The van der Waals surface area contributed by atoms with Gasteiger partial charge in [-0.2, -0.15) is 0 Å². The minimum Gasteiger partial charge on any atom is -0.378 e. The third kappa shape index (κ3) is 7.28. The van der Waals surface area contributed by atoms with Crippen LogP contribution in [0.2, 0.25) is 0 Å². The lowest BCUT2D eigenvalue weighted by atomic mass is 10.1. The molecule has 0 radical (unpaired) electrons. The van der Waals surface area contributed by atoms with Crippen molar-refractivity contribution in [3.63, 3.8) is 0 Å². The molecule has 2 aromatic carbocycles. The number of amides is 2. The van der Waals surface area contributed by atoms with Crippen LogP contribution < -0.4 is 15.5 Å². The van der Waals surface area contributed by atoms with E-state index in [1.165, 1.54) is 0 Å². The van der Waals surface area contributed by atoms with Gasteiger partial charge < -0.3 is 29.7 Å². The van der Waals surface area contributed by atoms with Gasteiger partial charge in [-0.05, 0) is 50.2 Å². The highest BCUT2D eigenvalue weighted by Gasteiger charge is 2.33. The highest BCUT2D eigenvalue weighted by Crippen LogP contribution is 2.20. The summed E-state index contributed by atoms with van der Waals surface area (Å²) >= 11 is 0. The minimum absolute atomic E-state index is 0.200. The van der Waals surface area contributed by atoms with Gasteiger partial charge in [-0.25, -0.2) is 0 Å². The number of anilines is 1. The Labute approximate surface area is 195 Å². The highest BCUT2D eigenvalue weighted by atomic mass is 16.7. The van der Waals surface area contributed by atoms with Gasteiger partial charge >= 0.3 is 0 Å². The molecule has 0 bridgehead atoms. The van der Waals surface area contributed by atoms with Gasteiger partial charge in [0.15, 0.2) is 5.79 Å². The van der Waals surface area contributed by atoms with Crippen LogP contribution in [0.25, 0.3) is 0 Å². The van der Waals surface area contributed by atoms with E-state index < -0.39 is 18.0 Å². The number of rotatable bonds is 7. The predicted octanol–water partition coefficient (Wildman–Crippen LogP) is 2.45. The Morgan fingerprint density at radius 3 is 2.06 bits per heavy atom. The van der Waals surface area contributed by atoms with Crippen molar-refractivity contribution >= 4 is 17.5 Å². The Morgan fingerprint density at radius 1 is 0.879 bits per heavy atom. The molecule has 2 atom stereocenters. The van der Waals surface area contributed by atoms with Gasteiger partial charge in [0, 0.05) is 44.0 Å². The largest absolute Gasteiger partial charge is 0.378 e. The maximum Gasteiger partial charge on any atom is 0.251 e. The van der Waals surface area contributed by atoms with E-state index in [1.807, 2.05) is 63.2 Å². The smallest absolute Gasteiger partial charge is 0.251 e. The standard InChI is InChI=1S/C25H33N3O5/c1-25(2)32-15-14-31-21(16-26-24(30)19-10-12-20(13-11-19)28(3)4)22(33-25)17-27-23(29)18-8-6-5-7-9-18/h5-13,21-22H,14-17H2,1-4H3,(H,26,30)(H,27,29)/t21-,22+/m1/s1. The van der Waals surface area contributed by atoms with Gasteiger partial charge in [0.2, 0.25) is 0 Å². The molecule has 8 nitrogen and oxygen atoms in total. The zero-order valence-corrected chi connectivity index (χ0v) is 19.7. The van der Waals surface area contributed by atoms with E-state index in [-0.39, 0.29) is 24.9 Å². The molecule has 0 saturated carbocycles. The second kappa shape index (κ2) is 11.3. The summed E-state index contributed by atoms with van der Waals surface area (Å²) in [5, 5.41) is 5.84. The Bertz CT molecular complexity index is 915. The van der Waals surface area contributed by atoms with Crippen molar-refractivity contribution in [2.24, 2.45) is 0 Å². The summed E-state index contributed by atoms with van der Waals surface area (Å²) in [5.74, 6) is -1.26. The van der Waals surface area contributed by atoms with E-state index in [4.69, 9.17) is 14.2 Å². The van der Waals surface area contributed by atoms with Crippen LogP contribution in [0, 0.1) is 0 Å². The first-order valence-corrected chi connectivity index (χ1v) is 11.1. The first-order chi connectivity index (χ1) is 15.7. The molecule has 0 aromatic heterocycles. The van der Waals surface area contributed by atoms with E-state index in [2.05, 4.69) is 10.6 Å². The van der Waals surface area contributed by atoms with Crippen LogP contribution >= 0.6 is 0 Å². The number of nitrogens with zero attached hydrogens (tertiary/aromatic N) is 1. The average molecular weight is 456 g/mol. The van der Waals surface area contributed by atoms with Crippen LogP contribution in [0.1, 0.15) is 34.6 Å². The lowest BCUT2D eigenvalue weighted by molar-refractivity contribution is -0.277. The molecular formula is C25H33N3O5. The monoisotopic (exact) mass is 455 g/mol. The number of ether oxygens (including phenoxy) is 3. The molecule has 3 rings (SSSR count). The highest BCUT2D eigenvalue weighted by molar-refractivity contribution is 5.94. The summed E-state index contributed by atoms with van der Waals surface area (Å²) in [7, 11) is 3.89. The Kier molecular flexibility index (Phi) is 8.43. The molecule has 8 heteroatoms. The summed E-state index contributed by atoms with van der Waals surface area (Å²) in [6.07, 6.45) is -0.987.